The van der Waals surface area contributed by atoms with Crippen molar-refractivity contribution in [1.82, 2.24) is 10.2 Å². The molecule has 1 saturated heterocycles. The minimum atomic E-state index is 0.582. The van der Waals surface area contributed by atoms with Crippen molar-refractivity contribution in [2.24, 2.45) is 0 Å². The van der Waals surface area contributed by atoms with E-state index in [-0.39, 0.29) is 0 Å². The van der Waals surface area contributed by atoms with Crippen molar-refractivity contribution in [2.45, 2.75) is 25.3 Å². The average Bonchev–Trinajstić information content (AvgIpc) is 2.93. The molecule has 1 N–H and O–H groups in total. The molecule has 2 aromatic rings. The van der Waals surface area contributed by atoms with Crippen LogP contribution in [0.4, 0.5) is 0 Å². The molecule has 21 heavy (non-hydrogen) atoms. The molecule has 3 heteroatoms. The Morgan fingerprint density at radius 3 is 2.86 bits per heavy atom. The Balaban J connectivity index is 1.53. The largest absolute Gasteiger partial charge is 0.312 e. The first-order valence-corrected chi connectivity index (χ1v) is 8.80. The highest BCUT2D eigenvalue weighted by Gasteiger charge is 2.17. The molecule has 3 rings (SSSR count). The van der Waals surface area contributed by atoms with Crippen LogP contribution in [0.1, 0.15) is 16.9 Å². The van der Waals surface area contributed by atoms with Crippen LogP contribution < -0.4 is 5.32 Å². The summed E-state index contributed by atoms with van der Waals surface area (Å²) in [6.07, 6.45) is 3.59. The van der Waals surface area contributed by atoms with Crippen LogP contribution in [0.5, 0.6) is 0 Å². The van der Waals surface area contributed by atoms with E-state index in [0.717, 1.165) is 13.0 Å². The third kappa shape index (κ3) is 4.67. The number of nitrogens with zero attached hydrogens (tertiary/aromatic N) is 1. The highest BCUT2D eigenvalue weighted by molar-refractivity contribution is 7.09. The van der Waals surface area contributed by atoms with E-state index in [2.05, 4.69) is 58.1 Å². The van der Waals surface area contributed by atoms with Crippen LogP contribution in [0.15, 0.2) is 47.8 Å². The van der Waals surface area contributed by atoms with Crippen LogP contribution >= 0.6 is 11.3 Å². The third-order valence-corrected chi connectivity index (χ3v) is 5.08. The second kappa shape index (κ2) is 7.74. The van der Waals surface area contributed by atoms with Gasteiger partial charge in [-0.05, 0) is 49.4 Å². The lowest BCUT2D eigenvalue weighted by Crippen LogP contribution is -2.39. The minimum Gasteiger partial charge on any atom is -0.312 e. The van der Waals surface area contributed by atoms with Crippen molar-refractivity contribution >= 4 is 11.3 Å². The second-order valence-corrected chi connectivity index (χ2v) is 6.86. The summed E-state index contributed by atoms with van der Waals surface area (Å²) in [4.78, 5) is 4.14. The van der Waals surface area contributed by atoms with E-state index in [9.17, 15) is 0 Å². The molecule has 2 nitrogen and oxygen atoms in total. The summed E-state index contributed by atoms with van der Waals surface area (Å²) >= 11 is 1.88. The predicted molar refractivity (Wildman–Crippen MR) is 91.0 cm³/mol. The van der Waals surface area contributed by atoms with Gasteiger partial charge in [0.15, 0.2) is 0 Å². The van der Waals surface area contributed by atoms with E-state index >= 15 is 0 Å². The number of hydrogen-bond acceptors (Lipinski definition) is 3. The van der Waals surface area contributed by atoms with E-state index in [1.54, 1.807) is 0 Å². The SMILES string of the molecule is c1ccc(CC2CN(CCc3cccs3)CCCN2)cc1. The van der Waals surface area contributed by atoms with Gasteiger partial charge in [0.05, 0.1) is 0 Å². The third-order valence-electron chi connectivity index (χ3n) is 4.14. The van der Waals surface area contributed by atoms with Gasteiger partial charge in [0.1, 0.15) is 0 Å². The Labute approximate surface area is 131 Å². The van der Waals surface area contributed by atoms with Gasteiger partial charge in [-0.15, -0.1) is 11.3 Å². The molecule has 1 aliphatic heterocycles. The first-order chi connectivity index (χ1) is 10.4. The molecular formula is C18H24N2S. The summed E-state index contributed by atoms with van der Waals surface area (Å²) in [5.41, 5.74) is 1.44. The zero-order valence-corrected chi connectivity index (χ0v) is 13.3. The van der Waals surface area contributed by atoms with Crippen molar-refractivity contribution in [3.63, 3.8) is 0 Å². The fourth-order valence-corrected chi connectivity index (χ4v) is 3.74. The van der Waals surface area contributed by atoms with Gasteiger partial charge in [-0.25, -0.2) is 0 Å². The molecular weight excluding hydrogens is 276 g/mol. The molecule has 1 aromatic heterocycles. The number of hydrogen-bond donors (Lipinski definition) is 1. The van der Waals surface area contributed by atoms with Crippen LogP contribution in [0, 0.1) is 0 Å². The normalized spacial score (nSPS) is 20.3. The Morgan fingerprint density at radius 2 is 2.05 bits per heavy atom. The van der Waals surface area contributed by atoms with Gasteiger partial charge in [0, 0.05) is 24.0 Å². The van der Waals surface area contributed by atoms with Gasteiger partial charge in [-0.3, -0.25) is 0 Å². The van der Waals surface area contributed by atoms with Crippen molar-refractivity contribution in [2.75, 3.05) is 26.2 Å². The molecule has 1 aliphatic rings. The van der Waals surface area contributed by atoms with E-state index in [1.807, 2.05) is 11.3 Å². The molecule has 1 aromatic carbocycles. The summed E-state index contributed by atoms with van der Waals surface area (Å²) in [5.74, 6) is 0. The molecule has 1 atom stereocenters. The fourth-order valence-electron chi connectivity index (χ4n) is 3.04. The molecule has 112 valence electrons. The maximum absolute atomic E-state index is 3.71. The van der Waals surface area contributed by atoms with Crippen molar-refractivity contribution in [1.29, 1.82) is 0 Å². The first-order valence-electron chi connectivity index (χ1n) is 7.92. The predicted octanol–water partition coefficient (Wildman–Crippen LogP) is 3.20. The Morgan fingerprint density at radius 1 is 1.14 bits per heavy atom. The zero-order valence-electron chi connectivity index (χ0n) is 12.5. The minimum absolute atomic E-state index is 0.582. The van der Waals surface area contributed by atoms with Crippen LogP contribution in [0.3, 0.4) is 0 Å². The number of rotatable bonds is 5. The van der Waals surface area contributed by atoms with Gasteiger partial charge in [-0.2, -0.15) is 0 Å². The fraction of sp³-hybridized carbons (Fsp3) is 0.444. The second-order valence-electron chi connectivity index (χ2n) is 5.82. The number of thiophene rings is 1. The Kier molecular flexibility index (Phi) is 5.44. The van der Waals surface area contributed by atoms with Crippen molar-refractivity contribution < 1.29 is 0 Å². The molecule has 0 amide bonds. The molecule has 1 fully saturated rings. The summed E-state index contributed by atoms with van der Waals surface area (Å²) in [7, 11) is 0. The monoisotopic (exact) mass is 300 g/mol. The summed E-state index contributed by atoms with van der Waals surface area (Å²) in [6.45, 7) is 4.73. The Bertz CT molecular complexity index is 509. The van der Waals surface area contributed by atoms with Gasteiger partial charge < -0.3 is 10.2 Å². The van der Waals surface area contributed by atoms with Gasteiger partial charge in [0.2, 0.25) is 0 Å². The summed E-state index contributed by atoms with van der Waals surface area (Å²) in [5, 5.41) is 5.89. The zero-order chi connectivity index (χ0) is 14.3. The lowest BCUT2D eigenvalue weighted by atomic mass is 10.1. The van der Waals surface area contributed by atoms with E-state index < -0.39 is 0 Å². The lowest BCUT2D eigenvalue weighted by molar-refractivity contribution is 0.270. The van der Waals surface area contributed by atoms with Crippen molar-refractivity contribution in [3.05, 3.63) is 58.3 Å². The van der Waals surface area contributed by atoms with E-state index in [4.69, 9.17) is 0 Å². The van der Waals surface area contributed by atoms with Gasteiger partial charge >= 0.3 is 0 Å². The summed E-state index contributed by atoms with van der Waals surface area (Å²) in [6, 6.07) is 15.8. The number of nitrogens with one attached hydrogen (secondary N) is 1. The smallest absolute Gasteiger partial charge is 0.0235 e. The highest BCUT2D eigenvalue weighted by Crippen LogP contribution is 2.12. The maximum Gasteiger partial charge on any atom is 0.0235 e. The topological polar surface area (TPSA) is 15.3 Å². The molecule has 0 saturated carbocycles. The van der Waals surface area contributed by atoms with Gasteiger partial charge in [-0.1, -0.05) is 36.4 Å². The number of benzene rings is 1. The lowest BCUT2D eigenvalue weighted by Gasteiger charge is -2.24. The molecule has 0 bridgehead atoms. The summed E-state index contributed by atoms with van der Waals surface area (Å²) < 4.78 is 0. The maximum atomic E-state index is 3.71. The van der Waals surface area contributed by atoms with Crippen LogP contribution in [0.2, 0.25) is 0 Å². The molecule has 1 unspecified atom stereocenters. The average molecular weight is 300 g/mol. The Hall–Kier alpha value is -1.16. The van der Waals surface area contributed by atoms with E-state index in [1.165, 1.54) is 42.9 Å². The van der Waals surface area contributed by atoms with Crippen molar-refractivity contribution in [3.8, 4) is 0 Å². The standard InChI is InChI=1S/C18H24N2S/c1-2-6-16(7-3-1)14-17-15-20(11-5-10-19-17)12-9-18-8-4-13-21-18/h1-4,6-8,13,17,19H,5,9-12,14-15H2. The first kappa shape index (κ1) is 14.8. The van der Waals surface area contributed by atoms with Crippen LogP contribution in [0.25, 0.3) is 0 Å². The quantitative estimate of drug-likeness (QED) is 0.912. The molecule has 0 spiro atoms. The molecule has 2 heterocycles. The highest BCUT2D eigenvalue weighted by atomic mass is 32.1. The molecule has 0 aliphatic carbocycles. The molecule has 0 radical (unpaired) electrons. The van der Waals surface area contributed by atoms with Crippen LogP contribution in [-0.4, -0.2) is 37.1 Å². The van der Waals surface area contributed by atoms with E-state index in [0.29, 0.717) is 6.04 Å². The van der Waals surface area contributed by atoms with Crippen LogP contribution in [-0.2, 0) is 12.8 Å². The van der Waals surface area contributed by atoms with Gasteiger partial charge in [0.25, 0.3) is 0 Å².